The SMILES string of the molecule is [C-]#[N+]c1ccc2c(c1)c1ccccc1n2-c1cccc2c1C1(c3ccc(-n4c5ccccc5c5ccccc54)cc3O2)c2cccnc2-c2ncc(N3c4ccccc4Cc4ccccc43)cc21. The first-order valence-electron chi connectivity index (χ1n) is 23.0. The van der Waals surface area contributed by atoms with Crippen molar-refractivity contribution in [2.24, 2.45) is 0 Å². The number of benzene rings is 8. The lowest BCUT2D eigenvalue weighted by molar-refractivity contribution is 0.435. The van der Waals surface area contributed by atoms with Crippen LogP contribution in [0.15, 0.2) is 207 Å². The molecule has 0 N–H and O–H groups in total. The number of rotatable bonds is 3. The van der Waals surface area contributed by atoms with E-state index in [1.165, 1.54) is 21.9 Å². The van der Waals surface area contributed by atoms with Gasteiger partial charge in [0.1, 0.15) is 11.5 Å². The fourth-order valence-corrected chi connectivity index (χ4v) is 12.0. The minimum Gasteiger partial charge on any atom is -0.457 e. The minimum atomic E-state index is -0.955. The topological polar surface area (TPSA) is 52.5 Å². The Balaban J connectivity index is 1.07. The van der Waals surface area contributed by atoms with Gasteiger partial charge in [-0.05, 0) is 94.9 Å². The van der Waals surface area contributed by atoms with Crippen molar-refractivity contribution in [2.75, 3.05) is 4.90 Å². The Labute approximate surface area is 390 Å². The lowest BCUT2D eigenvalue weighted by Crippen LogP contribution is -2.34. The van der Waals surface area contributed by atoms with E-state index in [1.54, 1.807) is 0 Å². The molecule has 0 fully saturated rings. The number of fused-ring (bicyclic) bond motifs is 17. The number of hydrogen-bond acceptors (Lipinski definition) is 4. The van der Waals surface area contributed by atoms with Crippen molar-refractivity contribution in [3.8, 4) is 34.3 Å². The molecule has 0 radical (unpaired) electrons. The van der Waals surface area contributed by atoms with Gasteiger partial charge in [-0.15, -0.1) is 0 Å². The normalized spacial score (nSPS) is 15.1. The predicted octanol–water partition coefficient (Wildman–Crippen LogP) is 15.1. The predicted molar refractivity (Wildman–Crippen MR) is 272 cm³/mol. The molecule has 1 unspecified atom stereocenters. The second-order valence-corrected chi connectivity index (χ2v) is 18.0. The van der Waals surface area contributed by atoms with Crippen molar-refractivity contribution in [3.05, 3.63) is 251 Å². The molecule has 7 nitrogen and oxygen atoms in total. The van der Waals surface area contributed by atoms with Gasteiger partial charge in [-0.2, -0.15) is 0 Å². The maximum absolute atomic E-state index is 7.94. The van der Waals surface area contributed by atoms with Crippen molar-refractivity contribution in [1.29, 1.82) is 0 Å². The number of aromatic nitrogens is 4. The Bertz CT molecular complexity index is 4110. The smallest absolute Gasteiger partial charge is 0.188 e. The largest absolute Gasteiger partial charge is 0.457 e. The van der Waals surface area contributed by atoms with Crippen molar-refractivity contribution in [1.82, 2.24) is 19.1 Å². The highest BCUT2D eigenvalue weighted by atomic mass is 16.5. The van der Waals surface area contributed by atoms with Crippen LogP contribution in [0.25, 0.3) is 71.2 Å². The van der Waals surface area contributed by atoms with E-state index < -0.39 is 5.41 Å². The van der Waals surface area contributed by atoms with E-state index in [1.807, 2.05) is 24.5 Å². The first-order chi connectivity index (χ1) is 33.7. The van der Waals surface area contributed by atoms with Crippen LogP contribution < -0.4 is 9.64 Å². The molecule has 3 aliphatic rings. The summed E-state index contributed by atoms with van der Waals surface area (Å²) in [5.41, 5.74) is 17.5. The lowest BCUT2D eigenvalue weighted by atomic mass is 9.65. The Morgan fingerprint density at radius 1 is 0.471 bits per heavy atom. The number of anilines is 3. The molecular formula is C61H36N6O. The maximum atomic E-state index is 7.94. The van der Waals surface area contributed by atoms with Gasteiger partial charge < -0.3 is 18.8 Å². The van der Waals surface area contributed by atoms with Gasteiger partial charge in [0, 0.05) is 68.6 Å². The zero-order chi connectivity index (χ0) is 44.7. The van der Waals surface area contributed by atoms with E-state index in [2.05, 4.69) is 201 Å². The number of para-hydroxylation sites is 5. The quantitative estimate of drug-likeness (QED) is 0.166. The molecule has 8 aromatic carbocycles. The van der Waals surface area contributed by atoms with Gasteiger partial charge in [-0.1, -0.05) is 115 Å². The Kier molecular flexibility index (Phi) is 7.43. The summed E-state index contributed by atoms with van der Waals surface area (Å²) in [6, 6.07) is 69.1. The zero-order valence-electron chi connectivity index (χ0n) is 36.4. The molecule has 15 rings (SSSR count). The van der Waals surface area contributed by atoms with E-state index >= 15 is 0 Å². The summed E-state index contributed by atoms with van der Waals surface area (Å²) < 4.78 is 12.1. The molecule has 68 heavy (non-hydrogen) atoms. The minimum absolute atomic E-state index is 0.604. The van der Waals surface area contributed by atoms with Crippen LogP contribution in [0.4, 0.5) is 22.7 Å². The molecule has 4 aromatic heterocycles. The average Bonchev–Trinajstić information content (AvgIpc) is 4.01. The second kappa shape index (κ2) is 13.6. The second-order valence-electron chi connectivity index (χ2n) is 18.0. The van der Waals surface area contributed by atoms with Crippen LogP contribution in [-0.4, -0.2) is 19.1 Å². The molecule has 1 spiro atoms. The number of hydrogen-bond donors (Lipinski definition) is 0. The third kappa shape index (κ3) is 4.80. The summed E-state index contributed by atoms with van der Waals surface area (Å²) in [4.78, 5) is 16.9. The Morgan fingerprint density at radius 2 is 1.10 bits per heavy atom. The van der Waals surface area contributed by atoms with Gasteiger partial charge in [0.25, 0.3) is 0 Å². The van der Waals surface area contributed by atoms with Gasteiger partial charge in [-0.25, -0.2) is 4.85 Å². The number of ether oxygens (including phenoxy) is 1. The van der Waals surface area contributed by atoms with E-state index in [4.69, 9.17) is 21.3 Å². The number of pyridine rings is 2. The molecule has 316 valence electrons. The van der Waals surface area contributed by atoms with Crippen LogP contribution in [0.3, 0.4) is 0 Å². The molecule has 0 bridgehead atoms. The lowest BCUT2D eigenvalue weighted by Gasteiger charge is -2.41. The molecule has 7 heteroatoms. The van der Waals surface area contributed by atoms with Gasteiger partial charge in [0.05, 0.1) is 63.0 Å². The van der Waals surface area contributed by atoms with E-state index in [0.29, 0.717) is 5.69 Å². The highest BCUT2D eigenvalue weighted by molar-refractivity contribution is 6.11. The van der Waals surface area contributed by atoms with Gasteiger partial charge >= 0.3 is 0 Å². The standard InChI is InChI=1S/C61H36N6O/c1-62-39-27-30-54-45(33-39)44-18-6-11-24-53(44)67(54)55-25-12-26-56-58(55)61(46-29-28-40(35-57(46)68-56)65-51-22-9-4-16-42(51)43-17-5-10-23-52(43)65)47-19-13-31-63-59(47)60-48(61)34-41(36-64-60)66-49-20-7-2-14-37(49)32-38-15-3-8-21-50(38)66/h2-31,33-36H,32H2. The van der Waals surface area contributed by atoms with Crippen LogP contribution in [0.1, 0.15) is 33.4 Å². The highest BCUT2D eigenvalue weighted by Crippen LogP contribution is 2.64. The van der Waals surface area contributed by atoms with Crippen molar-refractivity contribution in [2.45, 2.75) is 11.8 Å². The van der Waals surface area contributed by atoms with Crippen molar-refractivity contribution < 1.29 is 4.74 Å². The summed E-state index contributed by atoms with van der Waals surface area (Å²) in [6.45, 7) is 7.94. The Hall–Kier alpha value is -9.25. The third-order valence-electron chi connectivity index (χ3n) is 14.7. The highest BCUT2D eigenvalue weighted by Gasteiger charge is 2.54. The molecular weight excluding hydrogens is 833 g/mol. The molecule has 12 aromatic rings. The van der Waals surface area contributed by atoms with E-state index in [-0.39, 0.29) is 0 Å². The maximum Gasteiger partial charge on any atom is 0.188 e. The number of nitrogens with zero attached hydrogens (tertiary/aromatic N) is 6. The van der Waals surface area contributed by atoms with Crippen LogP contribution >= 0.6 is 0 Å². The fourth-order valence-electron chi connectivity index (χ4n) is 12.0. The van der Waals surface area contributed by atoms with Crippen molar-refractivity contribution >= 4 is 66.4 Å². The third-order valence-corrected chi connectivity index (χ3v) is 14.7. The average molecular weight is 869 g/mol. The molecule has 0 saturated carbocycles. The first-order valence-corrected chi connectivity index (χ1v) is 23.0. The molecule has 2 aliphatic heterocycles. The van der Waals surface area contributed by atoms with E-state index in [0.717, 1.165) is 113 Å². The van der Waals surface area contributed by atoms with Crippen LogP contribution in [0.2, 0.25) is 0 Å². The fraction of sp³-hybridized carbons (Fsp3) is 0.0328. The van der Waals surface area contributed by atoms with Crippen LogP contribution in [0.5, 0.6) is 11.5 Å². The molecule has 6 heterocycles. The van der Waals surface area contributed by atoms with Gasteiger partial charge in [-0.3, -0.25) is 9.97 Å². The first kappa shape index (κ1) is 37.0. The summed E-state index contributed by atoms with van der Waals surface area (Å²) in [5.74, 6) is 1.51. The molecule has 0 amide bonds. The van der Waals surface area contributed by atoms with E-state index in [9.17, 15) is 0 Å². The molecule has 0 saturated heterocycles. The zero-order valence-corrected chi connectivity index (χ0v) is 36.4. The summed E-state index contributed by atoms with van der Waals surface area (Å²) in [5, 5.41) is 4.50. The summed E-state index contributed by atoms with van der Waals surface area (Å²) >= 11 is 0. The van der Waals surface area contributed by atoms with Crippen LogP contribution in [0, 0.1) is 6.57 Å². The van der Waals surface area contributed by atoms with Crippen LogP contribution in [-0.2, 0) is 11.8 Å². The van der Waals surface area contributed by atoms with Crippen molar-refractivity contribution in [3.63, 3.8) is 0 Å². The summed E-state index contributed by atoms with van der Waals surface area (Å²) in [6.07, 6.45) is 4.76. The van der Waals surface area contributed by atoms with Gasteiger partial charge in [0.15, 0.2) is 5.69 Å². The Morgan fingerprint density at radius 3 is 1.84 bits per heavy atom. The van der Waals surface area contributed by atoms with Gasteiger partial charge in [0.2, 0.25) is 0 Å². The molecule has 1 aliphatic carbocycles. The summed E-state index contributed by atoms with van der Waals surface area (Å²) in [7, 11) is 0. The molecule has 1 atom stereocenters. The monoisotopic (exact) mass is 868 g/mol.